The van der Waals surface area contributed by atoms with Gasteiger partial charge in [-0.15, -0.1) is 0 Å². The van der Waals surface area contributed by atoms with Gasteiger partial charge in [-0.2, -0.15) is 13.5 Å². The number of benzene rings is 1. The molecule has 1 fully saturated rings. The van der Waals surface area contributed by atoms with Crippen LogP contribution >= 0.6 is 0 Å². The summed E-state index contributed by atoms with van der Waals surface area (Å²) < 4.78 is 43.1. The number of hydrogen-bond donors (Lipinski definition) is 3. The van der Waals surface area contributed by atoms with Crippen LogP contribution in [0.4, 0.5) is 10.1 Å². The number of halogens is 1. The molecule has 2 aromatic rings. The van der Waals surface area contributed by atoms with Crippen molar-refractivity contribution >= 4 is 21.8 Å². The van der Waals surface area contributed by atoms with E-state index >= 15 is 4.39 Å². The maximum Gasteiger partial charge on any atom is 0.326 e. The van der Waals surface area contributed by atoms with Crippen LogP contribution < -0.4 is 14.3 Å². The van der Waals surface area contributed by atoms with Crippen molar-refractivity contribution in [3.63, 3.8) is 0 Å². The van der Waals surface area contributed by atoms with Gasteiger partial charge in [-0.05, 0) is 30.7 Å². The lowest BCUT2D eigenvalue weighted by Gasteiger charge is -2.18. The zero-order valence-corrected chi connectivity index (χ0v) is 16.5. The van der Waals surface area contributed by atoms with E-state index in [0.29, 0.717) is 22.5 Å². The van der Waals surface area contributed by atoms with Gasteiger partial charge in [-0.1, -0.05) is 13.8 Å². The molecule has 1 aromatic heterocycles. The topological polar surface area (TPSA) is 117 Å². The maximum absolute atomic E-state index is 15.2. The van der Waals surface area contributed by atoms with Gasteiger partial charge in [-0.3, -0.25) is 9.48 Å². The molecule has 1 aromatic carbocycles. The Morgan fingerprint density at radius 3 is 2.71 bits per heavy atom. The fourth-order valence-corrected chi connectivity index (χ4v) is 4.09. The van der Waals surface area contributed by atoms with Crippen LogP contribution in [0.5, 0.6) is 5.75 Å². The van der Waals surface area contributed by atoms with E-state index in [1.165, 1.54) is 12.1 Å². The fraction of sp³-hybridized carbons (Fsp3) is 0.412. The number of aromatic hydroxyl groups is 1. The third-order valence-corrected chi connectivity index (χ3v) is 5.65. The summed E-state index contributed by atoms with van der Waals surface area (Å²) in [5.41, 5.74) is 0.544. The maximum atomic E-state index is 15.2. The number of carbonyl (C=O) groups excluding carboxylic acids is 1. The number of phenols is 1. The molecule has 2 heterocycles. The van der Waals surface area contributed by atoms with Gasteiger partial charge >= 0.3 is 10.2 Å². The molecule has 11 heteroatoms. The molecule has 3 N–H and O–H groups in total. The Bertz CT molecular complexity index is 1020. The second-order valence-corrected chi connectivity index (χ2v) is 8.60. The molecular formula is C17H22FN5O4S. The molecule has 0 aliphatic carbocycles. The summed E-state index contributed by atoms with van der Waals surface area (Å²) >= 11 is 0. The fourth-order valence-electron chi connectivity index (χ4n) is 2.93. The van der Waals surface area contributed by atoms with Crippen molar-refractivity contribution < 1.29 is 22.7 Å². The van der Waals surface area contributed by atoms with Gasteiger partial charge in [0.2, 0.25) is 0 Å². The van der Waals surface area contributed by atoms with Crippen molar-refractivity contribution in [3.05, 3.63) is 29.7 Å². The highest BCUT2D eigenvalue weighted by atomic mass is 32.2. The summed E-state index contributed by atoms with van der Waals surface area (Å²) in [6.07, 6.45) is 0. The first-order valence-corrected chi connectivity index (χ1v) is 10.1. The number of rotatable bonds is 6. The number of nitrogens with one attached hydrogen (secondary N) is 2. The highest BCUT2D eigenvalue weighted by molar-refractivity contribution is 7.92. The number of phenolic OH excluding ortho intramolecular Hbond substituents is 1. The van der Waals surface area contributed by atoms with Crippen LogP contribution in [-0.2, 0) is 28.6 Å². The molecule has 0 radical (unpaired) electrons. The smallest absolute Gasteiger partial charge is 0.326 e. The predicted octanol–water partition coefficient (Wildman–Crippen LogP) is 0.858. The molecule has 0 saturated carbocycles. The van der Waals surface area contributed by atoms with Gasteiger partial charge in [0.05, 0.1) is 11.4 Å². The molecule has 3 rings (SSSR count). The van der Waals surface area contributed by atoms with Gasteiger partial charge in [0, 0.05) is 19.2 Å². The van der Waals surface area contributed by atoms with Crippen LogP contribution in [0.1, 0.15) is 19.5 Å². The molecule has 1 saturated heterocycles. The number of aromatic nitrogens is 2. The molecule has 1 aliphatic rings. The van der Waals surface area contributed by atoms with Gasteiger partial charge in [0.1, 0.15) is 18.0 Å². The molecule has 9 nitrogen and oxygen atoms in total. The molecule has 1 amide bonds. The van der Waals surface area contributed by atoms with Crippen molar-refractivity contribution in [2.75, 3.05) is 17.4 Å². The number of amides is 1. The summed E-state index contributed by atoms with van der Waals surface area (Å²) in [5.74, 6) is -1.89. The average molecular weight is 411 g/mol. The van der Waals surface area contributed by atoms with Crippen molar-refractivity contribution in [2.24, 2.45) is 13.0 Å². The largest absolute Gasteiger partial charge is 0.506 e. The lowest BCUT2D eigenvalue weighted by Crippen LogP contribution is -2.30. The minimum Gasteiger partial charge on any atom is -0.506 e. The first kappa shape index (κ1) is 20.1. The van der Waals surface area contributed by atoms with E-state index in [1.807, 2.05) is 0 Å². The normalized spacial score (nSPS) is 16.0. The molecule has 0 unspecified atom stereocenters. The van der Waals surface area contributed by atoms with Crippen molar-refractivity contribution in [3.8, 4) is 17.0 Å². The van der Waals surface area contributed by atoms with Gasteiger partial charge in [-0.25, -0.2) is 13.4 Å². The Labute approximate surface area is 162 Å². The molecule has 0 bridgehead atoms. The molecular weight excluding hydrogens is 389 g/mol. The summed E-state index contributed by atoms with van der Waals surface area (Å²) in [6, 6.07) is 4.19. The summed E-state index contributed by atoms with van der Waals surface area (Å²) in [7, 11) is -2.53. The van der Waals surface area contributed by atoms with E-state index < -0.39 is 39.9 Å². The quantitative estimate of drug-likeness (QED) is 0.649. The molecule has 0 atom stereocenters. The number of nitrogens with zero attached hydrogens (tertiary/aromatic N) is 3. The van der Waals surface area contributed by atoms with Crippen molar-refractivity contribution in [2.45, 2.75) is 20.4 Å². The summed E-state index contributed by atoms with van der Waals surface area (Å²) in [6.45, 7) is 4.91. The lowest BCUT2D eigenvalue weighted by atomic mass is 10.1. The zero-order chi connectivity index (χ0) is 20.6. The highest BCUT2D eigenvalue weighted by Gasteiger charge is 2.38. The van der Waals surface area contributed by atoms with E-state index in [2.05, 4.69) is 24.3 Å². The Kier molecular flexibility index (Phi) is 5.31. The Morgan fingerprint density at radius 1 is 1.39 bits per heavy atom. The third-order valence-electron chi connectivity index (χ3n) is 4.28. The highest BCUT2D eigenvalue weighted by Crippen LogP contribution is 2.38. The van der Waals surface area contributed by atoms with Crippen LogP contribution in [-0.4, -0.2) is 42.3 Å². The Hall–Kier alpha value is -2.66. The minimum absolute atomic E-state index is 0.0214. The molecule has 0 spiro atoms. The predicted molar refractivity (Wildman–Crippen MR) is 101 cm³/mol. The summed E-state index contributed by atoms with van der Waals surface area (Å²) in [4.78, 5) is 11.5. The van der Waals surface area contributed by atoms with Crippen LogP contribution in [0.2, 0.25) is 0 Å². The second-order valence-electron chi connectivity index (χ2n) is 7.00. The standard InChI is InChI=1S/C17H22FN5O4S/c1-10(2)7-19-8-11-6-13(20-22(11)3)12-4-5-14(24)17(16(12)18)23-9-15(25)21-28(23,26)27/h4-6,10,19,24H,7-9H2,1-3H3,(H,21,25). The number of anilines is 1. The lowest BCUT2D eigenvalue weighted by molar-refractivity contribution is -0.117. The van der Waals surface area contributed by atoms with E-state index in [9.17, 15) is 18.3 Å². The van der Waals surface area contributed by atoms with E-state index in [4.69, 9.17) is 0 Å². The molecule has 1 aliphatic heterocycles. The summed E-state index contributed by atoms with van der Waals surface area (Å²) in [5, 5.41) is 17.6. The monoisotopic (exact) mass is 411 g/mol. The second kappa shape index (κ2) is 7.40. The van der Waals surface area contributed by atoms with Crippen LogP contribution in [0.3, 0.4) is 0 Å². The average Bonchev–Trinajstić information content (AvgIpc) is 3.06. The third kappa shape index (κ3) is 3.80. The zero-order valence-electron chi connectivity index (χ0n) is 15.7. The van der Waals surface area contributed by atoms with Crippen molar-refractivity contribution in [1.82, 2.24) is 19.8 Å². The molecule has 152 valence electrons. The number of aryl methyl sites for hydroxylation is 1. The SMILES string of the molecule is CC(C)CNCc1cc(-c2ccc(O)c(N3CC(=O)NS3(=O)=O)c2F)nn1C. The minimum atomic E-state index is -4.26. The van der Waals surface area contributed by atoms with E-state index in [1.54, 1.807) is 22.5 Å². The van der Waals surface area contributed by atoms with Gasteiger partial charge in [0.25, 0.3) is 5.91 Å². The van der Waals surface area contributed by atoms with Crippen LogP contribution in [0, 0.1) is 11.7 Å². The first-order chi connectivity index (χ1) is 13.1. The van der Waals surface area contributed by atoms with Crippen LogP contribution in [0.25, 0.3) is 11.3 Å². The van der Waals surface area contributed by atoms with Gasteiger partial charge in [0.15, 0.2) is 5.82 Å². The Balaban J connectivity index is 1.98. The van der Waals surface area contributed by atoms with E-state index in [0.717, 1.165) is 12.2 Å². The van der Waals surface area contributed by atoms with Crippen molar-refractivity contribution in [1.29, 1.82) is 0 Å². The van der Waals surface area contributed by atoms with Gasteiger partial charge < -0.3 is 10.4 Å². The van der Waals surface area contributed by atoms with E-state index in [-0.39, 0.29) is 5.56 Å². The number of hydrogen-bond acceptors (Lipinski definition) is 6. The molecule has 28 heavy (non-hydrogen) atoms. The Morgan fingerprint density at radius 2 is 2.11 bits per heavy atom. The van der Waals surface area contributed by atoms with Crippen LogP contribution in [0.15, 0.2) is 18.2 Å². The first-order valence-electron chi connectivity index (χ1n) is 8.69. The number of carbonyl (C=O) groups is 1.